The van der Waals surface area contributed by atoms with Crippen molar-refractivity contribution in [3.05, 3.63) is 46.6 Å². The molecule has 2 N–H and O–H groups in total. The van der Waals surface area contributed by atoms with Crippen LogP contribution in [0.5, 0.6) is 0 Å². The van der Waals surface area contributed by atoms with Gasteiger partial charge in [0, 0.05) is 5.56 Å². The summed E-state index contributed by atoms with van der Waals surface area (Å²) in [5.74, 6) is 0.464. The van der Waals surface area contributed by atoms with Crippen molar-refractivity contribution in [1.82, 2.24) is 5.16 Å². The summed E-state index contributed by atoms with van der Waals surface area (Å²) in [4.78, 5) is 0. The average Bonchev–Trinajstić information content (AvgIpc) is 2.69. The number of benzene rings is 1. The van der Waals surface area contributed by atoms with Crippen molar-refractivity contribution in [1.29, 1.82) is 0 Å². The van der Waals surface area contributed by atoms with Gasteiger partial charge >= 0.3 is 0 Å². The molecule has 0 amide bonds. The van der Waals surface area contributed by atoms with Crippen LogP contribution in [0.4, 0.5) is 5.88 Å². The summed E-state index contributed by atoms with van der Waals surface area (Å²) in [6.45, 7) is 4.16. The summed E-state index contributed by atoms with van der Waals surface area (Å²) in [5, 5.41) is 4.02. The van der Waals surface area contributed by atoms with Gasteiger partial charge in [0.25, 0.3) is 0 Å². The molecule has 17 heavy (non-hydrogen) atoms. The summed E-state index contributed by atoms with van der Waals surface area (Å²) in [7, 11) is 0. The fourth-order valence-corrected chi connectivity index (χ4v) is 1.95. The number of nitrogens with zero attached hydrogens (tertiary/aromatic N) is 1. The molecule has 0 saturated heterocycles. The van der Waals surface area contributed by atoms with Crippen LogP contribution in [-0.2, 0) is 19.3 Å². The lowest BCUT2D eigenvalue weighted by molar-refractivity contribution is 0.427. The molecule has 1 aromatic heterocycles. The first-order valence-electron chi connectivity index (χ1n) is 5.99. The van der Waals surface area contributed by atoms with E-state index in [4.69, 9.17) is 10.3 Å². The van der Waals surface area contributed by atoms with E-state index in [1.54, 1.807) is 0 Å². The van der Waals surface area contributed by atoms with Crippen molar-refractivity contribution < 1.29 is 4.52 Å². The van der Waals surface area contributed by atoms with Gasteiger partial charge in [0.2, 0.25) is 5.88 Å². The van der Waals surface area contributed by atoms with Gasteiger partial charge < -0.3 is 10.3 Å². The third-order valence-corrected chi connectivity index (χ3v) is 3.02. The van der Waals surface area contributed by atoms with Crippen LogP contribution in [-0.4, -0.2) is 5.16 Å². The number of nitrogens with two attached hydrogens (primary N) is 1. The molecule has 90 valence electrons. The van der Waals surface area contributed by atoms with E-state index in [2.05, 4.69) is 43.3 Å². The van der Waals surface area contributed by atoms with Crippen molar-refractivity contribution in [2.24, 2.45) is 0 Å². The summed E-state index contributed by atoms with van der Waals surface area (Å²) in [5.41, 5.74) is 10.4. The van der Waals surface area contributed by atoms with E-state index in [1.165, 1.54) is 11.1 Å². The monoisotopic (exact) mass is 230 g/mol. The minimum absolute atomic E-state index is 0.464. The smallest absolute Gasteiger partial charge is 0.225 e. The van der Waals surface area contributed by atoms with Gasteiger partial charge in [0.05, 0.1) is 5.69 Å². The molecule has 0 aliphatic rings. The number of nitrogen functional groups attached to an aromatic ring is 1. The highest BCUT2D eigenvalue weighted by molar-refractivity contribution is 5.39. The molecule has 0 aliphatic heterocycles. The molecule has 0 saturated carbocycles. The predicted octanol–water partition coefficient (Wildman–Crippen LogP) is 2.91. The Balaban J connectivity index is 2.04. The number of hydrogen-bond donors (Lipinski definition) is 1. The van der Waals surface area contributed by atoms with Crippen LogP contribution in [0.25, 0.3) is 0 Å². The maximum absolute atomic E-state index is 5.71. The molecule has 1 heterocycles. The van der Waals surface area contributed by atoms with Crippen LogP contribution in [0.3, 0.4) is 0 Å². The largest absolute Gasteiger partial charge is 0.367 e. The van der Waals surface area contributed by atoms with E-state index in [0.717, 1.165) is 30.5 Å². The van der Waals surface area contributed by atoms with Crippen LogP contribution >= 0.6 is 0 Å². The van der Waals surface area contributed by atoms with E-state index in [9.17, 15) is 0 Å². The van der Waals surface area contributed by atoms with Crippen molar-refractivity contribution in [2.45, 2.75) is 33.1 Å². The van der Waals surface area contributed by atoms with Gasteiger partial charge in [-0.05, 0) is 31.7 Å². The second-order valence-electron chi connectivity index (χ2n) is 4.31. The molecule has 0 aliphatic carbocycles. The van der Waals surface area contributed by atoms with Gasteiger partial charge in [0.1, 0.15) is 0 Å². The summed E-state index contributed by atoms with van der Waals surface area (Å²) < 4.78 is 5.02. The second-order valence-corrected chi connectivity index (χ2v) is 4.31. The third kappa shape index (κ3) is 2.67. The van der Waals surface area contributed by atoms with Crippen LogP contribution in [0.15, 0.2) is 28.8 Å². The Morgan fingerprint density at radius 3 is 2.53 bits per heavy atom. The Kier molecular flexibility index (Phi) is 3.47. The minimum Gasteiger partial charge on any atom is -0.367 e. The maximum Gasteiger partial charge on any atom is 0.225 e. The van der Waals surface area contributed by atoms with Crippen molar-refractivity contribution in [3.63, 3.8) is 0 Å². The summed E-state index contributed by atoms with van der Waals surface area (Å²) in [6, 6.07) is 8.58. The zero-order chi connectivity index (χ0) is 12.3. The molecule has 1 aromatic carbocycles. The summed E-state index contributed by atoms with van der Waals surface area (Å²) >= 11 is 0. The van der Waals surface area contributed by atoms with E-state index < -0.39 is 0 Å². The van der Waals surface area contributed by atoms with Gasteiger partial charge in [-0.2, -0.15) is 0 Å². The molecular formula is C14H18N2O. The van der Waals surface area contributed by atoms with Crippen LogP contribution in [0.2, 0.25) is 0 Å². The van der Waals surface area contributed by atoms with E-state index in [-0.39, 0.29) is 0 Å². The van der Waals surface area contributed by atoms with E-state index >= 15 is 0 Å². The quantitative estimate of drug-likeness (QED) is 0.878. The Bertz CT molecular complexity index is 485. The fourth-order valence-electron chi connectivity index (χ4n) is 1.95. The van der Waals surface area contributed by atoms with Crippen LogP contribution in [0.1, 0.15) is 29.3 Å². The Morgan fingerprint density at radius 2 is 1.88 bits per heavy atom. The highest BCUT2D eigenvalue weighted by atomic mass is 16.5. The second kappa shape index (κ2) is 5.04. The Hall–Kier alpha value is -1.77. The highest BCUT2D eigenvalue weighted by Crippen LogP contribution is 2.18. The third-order valence-electron chi connectivity index (χ3n) is 3.02. The highest BCUT2D eigenvalue weighted by Gasteiger charge is 2.11. The number of aromatic nitrogens is 1. The maximum atomic E-state index is 5.71. The van der Waals surface area contributed by atoms with E-state index in [1.807, 2.05) is 0 Å². The average molecular weight is 230 g/mol. The van der Waals surface area contributed by atoms with Gasteiger partial charge in [-0.15, -0.1) is 0 Å². The van der Waals surface area contributed by atoms with E-state index in [0.29, 0.717) is 5.88 Å². The van der Waals surface area contributed by atoms with Gasteiger partial charge in [0.15, 0.2) is 0 Å². The molecular weight excluding hydrogens is 212 g/mol. The zero-order valence-electron chi connectivity index (χ0n) is 10.4. The molecule has 2 aromatic rings. The normalized spacial score (nSPS) is 10.7. The lowest BCUT2D eigenvalue weighted by Crippen LogP contribution is -1.97. The van der Waals surface area contributed by atoms with Crippen molar-refractivity contribution in [2.75, 3.05) is 5.73 Å². The lowest BCUT2D eigenvalue weighted by Gasteiger charge is -2.01. The first-order chi connectivity index (χ1) is 8.20. The molecule has 0 spiro atoms. The molecule has 2 rings (SSSR count). The Labute approximate surface area is 102 Å². The standard InChI is InChI=1S/C14H18N2O/c1-3-12-13(16-17-14(12)15)9-8-11-6-4-10(2)5-7-11/h4-7H,3,8-9,15H2,1-2H3. The predicted molar refractivity (Wildman–Crippen MR) is 68.9 cm³/mol. The van der Waals surface area contributed by atoms with Gasteiger partial charge in [-0.25, -0.2) is 0 Å². The molecule has 0 unspecified atom stereocenters. The topological polar surface area (TPSA) is 52.0 Å². The SMILES string of the molecule is CCc1c(CCc2ccc(C)cc2)noc1N. The van der Waals surface area contributed by atoms with Crippen molar-refractivity contribution >= 4 is 5.88 Å². The van der Waals surface area contributed by atoms with Crippen molar-refractivity contribution in [3.8, 4) is 0 Å². The van der Waals surface area contributed by atoms with Crippen LogP contribution < -0.4 is 5.73 Å². The Morgan fingerprint density at radius 1 is 1.18 bits per heavy atom. The first-order valence-corrected chi connectivity index (χ1v) is 5.99. The molecule has 3 heteroatoms. The molecule has 0 radical (unpaired) electrons. The minimum atomic E-state index is 0.464. The van der Waals surface area contributed by atoms with Gasteiger partial charge in [-0.1, -0.05) is 41.9 Å². The molecule has 0 fully saturated rings. The van der Waals surface area contributed by atoms with Gasteiger partial charge in [-0.3, -0.25) is 0 Å². The zero-order valence-corrected chi connectivity index (χ0v) is 10.4. The first kappa shape index (κ1) is 11.7. The number of aryl methyl sites for hydroxylation is 3. The molecule has 0 bridgehead atoms. The van der Waals surface area contributed by atoms with Crippen LogP contribution in [0, 0.1) is 6.92 Å². The fraction of sp³-hybridized carbons (Fsp3) is 0.357. The number of hydrogen-bond acceptors (Lipinski definition) is 3. The number of rotatable bonds is 4. The molecule has 3 nitrogen and oxygen atoms in total. The lowest BCUT2D eigenvalue weighted by atomic mass is 10.0. The number of anilines is 1. The molecule has 0 atom stereocenters. The summed E-state index contributed by atoms with van der Waals surface area (Å²) in [6.07, 6.45) is 2.73.